The fraction of sp³-hybridized carbons (Fsp3) is 0.167. The number of rotatable bonds is 4. The molecule has 0 fully saturated rings. The van der Waals surface area contributed by atoms with Crippen LogP contribution in [-0.4, -0.2) is 21.6 Å². The first kappa shape index (κ1) is 12.9. The first-order valence-corrected chi connectivity index (χ1v) is 6.28. The first-order chi connectivity index (χ1) is 8.72. The van der Waals surface area contributed by atoms with Gasteiger partial charge in [0.15, 0.2) is 0 Å². The number of hydrogen-bond acceptors (Lipinski definition) is 2. The topological polar surface area (TPSA) is 46.9 Å². The Morgan fingerprint density at radius 1 is 1.39 bits per heavy atom. The summed E-state index contributed by atoms with van der Waals surface area (Å²) in [6.45, 7) is 0. The molecule has 0 saturated heterocycles. The highest BCUT2D eigenvalue weighted by atomic mass is 35.5. The van der Waals surface area contributed by atoms with E-state index < -0.39 is 0 Å². The Morgan fingerprint density at radius 2 is 2.22 bits per heavy atom. The van der Waals surface area contributed by atoms with Crippen LogP contribution in [0.3, 0.4) is 0 Å². The Bertz CT molecular complexity index is 540. The highest BCUT2D eigenvalue weighted by molar-refractivity contribution is 6.33. The van der Waals surface area contributed by atoms with Crippen molar-refractivity contribution in [2.45, 2.75) is 6.42 Å². The number of para-hydroxylation sites is 1. The van der Waals surface area contributed by atoms with Crippen molar-refractivity contribution < 1.29 is 4.79 Å². The lowest BCUT2D eigenvalue weighted by Gasteiger charge is -2.12. The van der Waals surface area contributed by atoms with Gasteiger partial charge in [-0.15, -0.1) is 11.6 Å². The Labute approximate surface area is 115 Å². The van der Waals surface area contributed by atoms with Crippen LogP contribution in [0.15, 0.2) is 36.7 Å². The first-order valence-electron chi connectivity index (χ1n) is 5.36. The number of carbonyl (C=O) groups is 1. The van der Waals surface area contributed by atoms with Crippen LogP contribution >= 0.6 is 23.2 Å². The summed E-state index contributed by atoms with van der Waals surface area (Å²) >= 11 is 11.7. The molecule has 0 aliphatic rings. The predicted octanol–water partition coefficient (Wildman–Crippen LogP) is 3.09. The summed E-state index contributed by atoms with van der Waals surface area (Å²) in [5, 5.41) is 7.40. The third-order valence-electron chi connectivity index (χ3n) is 2.32. The minimum atomic E-state index is -0.152. The number of hydrogen-bond donors (Lipinski definition) is 1. The quantitative estimate of drug-likeness (QED) is 0.877. The zero-order chi connectivity index (χ0) is 13.0. The number of benzene rings is 1. The number of amides is 1. The molecular formula is C12H11Cl2N3O. The normalized spacial score (nSPS) is 10.3. The fourth-order valence-corrected chi connectivity index (χ4v) is 1.98. The van der Waals surface area contributed by atoms with Crippen LogP contribution in [0.5, 0.6) is 0 Å². The third kappa shape index (κ3) is 2.83. The summed E-state index contributed by atoms with van der Waals surface area (Å²) in [6, 6.07) is 7.07. The maximum atomic E-state index is 11.6. The zero-order valence-electron chi connectivity index (χ0n) is 9.44. The van der Waals surface area contributed by atoms with Crippen molar-refractivity contribution in [3.8, 4) is 5.69 Å². The molecule has 18 heavy (non-hydrogen) atoms. The summed E-state index contributed by atoms with van der Waals surface area (Å²) in [6.07, 6.45) is 3.67. The van der Waals surface area contributed by atoms with Crippen LogP contribution in [0.4, 0.5) is 5.69 Å². The van der Waals surface area contributed by atoms with Gasteiger partial charge < -0.3 is 5.32 Å². The maximum absolute atomic E-state index is 11.6. The molecule has 94 valence electrons. The van der Waals surface area contributed by atoms with Gasteiger partial charge in [0.25, 0.3) is 0 Å². The van der Waals surface area contributed by atoms with Crippen LogP contribution < -0.4 is 5.32 Å². The van der Waals surface area contributed by atoms with E-state index in [1.165, 1.54) is 0 Å². The van der Waals surface area contributed by atoms with Gasteiger partial charge in [0.05, 0.1) is 10.7 Å². The number of alkyl halides is 1. The largest absolute Gasteiger partial charge is 0.324 e. The molecule has 0 aliphatic carbocycles. The number of nitrogens with zero attached hydrogens (tertiary/aromatic N) is 2. The van der Waals surface area contributed by atoms with Gasteiger partial charge in [-0.2, -0.15) is 5.10 Å². The Morgan fingerprint density at radius 3 is 2.89 bits per heavy atom. The monoisotopic (exact) mass is 283 g/mol. The summed E-state index contributed by atoms with van der Waals surface area (Å²) in [4.78, 5) is 11.6. The molecule has 1 aromatic carbocycles. The molecule has 0 unspecified atom stereocenters. The smallest absolute Gasteiger partial charge is 0.225 e. The van der Waals surface area contributed by atoms with Gasteiger partial charge in [0, 0.05) is 24.7 Å². The van der Waals surface area contributed by atoms with Crippen molar-refractivity contribution in [3.63, 3.8) is 0 Å². The maximum Gasteiger partial charge on any atom is 0.225 e. The molecule has 1 aromatic heterocycles. The highest BCUT2D eigenvalue weighted by Gasteiger charge is 2.11. The summed E-state index contributed by atoms with van der Waals surface area (Å²) in [5.74, 6) is 0.129. The SMILES string of the molecule is O=C(CCCl)Nc1cccc(Cl)c1-n1cccn1. The molecule has 1 amide bonds. The molecule has 1 heterocycles. The molecular weight excluding hydrogens is 273 g/mol. The summed E-state index contributed by atoms with van der Waals surface area (Å²) in [7, 11) is 0. The molecule has 0 saturated carbocycles. The van der Waals surface area contributed by atoms with Crippen molar-refractivity contribution in [1.82, 2.24) is 9.78 Å². The van der Waals surface area contributed by atoms with Gasteiger partial charge in [-0.3, -0.25) is 4.79 Å². The minimum absolute atomic E-state index is 0.152. The standard InChI is InChI=1S/C12H11Cl2N3O/c13-6-5-11(18)16-10-4-1-3-9(14)12(10)17-8-2-7-15-17/h1-4,7-8H,5-6H2,(H,16,18). The van der Waals surface area contributed by atoms with E-state index >= 15 is 0 Å². The number of carbonyl (C=O) groups excluding carboxylic acids is 1. The second kappa shape index (κ2) is 5.89. The van der Waals surface area contributed by atoms with E-state index in [0.717, 1.165) is 0 Å². The van der Waals surface area contributed by atoms with Gasteiger partial charge in [0.1, 0.15) is 5.69 Å². The summed E-state index contributed by atoms with van der Waals surface area (Å²) in [5.41, 5.74) is 1.26. The van der Waals surface area contributed by atoms with Gasteiger partial charge in [0.2, 0.25) is 5.91 Å². The molecule has 0 bridgehead atoms. The van der Waals surface area contributed by atoms with Crippen molar-refractivity contribution >= 4 is 34.8 Å². The van der Waals surface area contributed by atoms with Crippen LogP contribution in [0.1, 0.15) is 6.42 Å². The lowest BCUT2D eigenvalue weighted by Crippen LogP contribution is -2.14. The number of aromatic nitrogens is 2. The fourth-order valence-electron chi connectivity index (χ4n) is 1.55. The minimum Gasteiger partial charge on any atom is -0.324 e. The zero-order valence-corrected chi connectivity index (χ0v) is 10.9. The molecule has 2 aromatic rings. The van der Waals surface area contributed by atoms with E-state index in [0.29, 0.717) is 16.4 Å². The highest BCUT2D eigenvalue weighted by Crippen LogP contribution is 2.27. The van der Waals surface area contributed by atoms with Gasteiger partial charge in [-0.05, 0) is 18.2 Å². The van der Waals surface area contributed by atoms with E-state index in [9.17, 15) is 4.79 Å². The average molecular weight is 284 g/mol. The second-order valence-corrected chi connectivity index (χ2v) is 4.36. The lowest BCUT2D eigenvalue weighted by molar-refractivity contribution is -0.115. The van der Waals surface area contributed by atoms with E-state index in [4.69, 9.17) is 23.2 Å². The van der Waals surface area contributed by atoms with E-state index in [2.05, 4.69) is 10.4 Å². The summed E-state index contributed by atoms with van der Waals surface area (Å²) < 4.78 is 1.61. The number of nitrogens with one attached hydrogen (secondary N) is 1. The average Bonchev–Trinajstić information content (AvgIpc) is 2.82. The van der Waals surface area contributed by atoms with E-state index in [1.807, 2.05) is 0 Å². The van der Waals surface area contributed by atoms with Crippen molar-refractivity contribution in [2.24, 2.45) is 0 Å². The molecule has 1 N–H and O–H groups in total. The Kier molecular flexibility index (Phi) is 4.23. The van der Waals surface area contributed by atoms with Crippen LogP contribution in [0.25, 0.3) is 5.69 Å². The van der Waals surface area contributed by atoms with Gasteiger partial charge in [-0.1, -0.05) is 17.7 Å². The molecule has 0 spiro atoms. The molecule has 6 heteroatoms. The van der Waals surface area contributed by atoms with Crippen LogP contribution in [0.2, 0.25) is 5.02 Å². The van der Waals surface area contributed by atoms with Gasteiger partial charge >= 0.3 is 0 Å². The van der Waals surface area contributed by atoms with Crippen molar-refractivity contribution in [1.29, 1.82) is 0 Å². The van der Waals surface area contributed by atoms with Crippen LogP contribution in [-0.2, 0) is 4.79 Å². The number of anilines is 1. The van der Waals surface area contributed by atoms with E-state index in [1.54, 1.807) is 41.3 Å². The Balaban J connectivity index is 2.36. The van der Waals surface area contributed by atoms with E-state index in [-0.39, 0.29) is 18.2 Å². The molecule has 4 nitrogen and oxygen atoms in total. The Hall–Kier alpha value is -1.52. The molecule has 0 radical (unpaired) electrons. The second-order valence-electron chi connectivity index (χ2n) is 3.57. The van der Waals surface area contributed by atoms with Gasteiger partial charge in [-0.25, -0.2) is 4.68 Å². The van der Waals surface area contributed by atoms with Crippen molar-refractivity contribution in [2.75, 3.05) is 11.2 Å². The third-order valence-corrected chi connectivity index (χ3v) is 2.81. The molecule has 0 atom stereocenters. The predicted molar refractivity (Wildman–Crippen MR) is 72.5 cm³/mol. The number of halogens is 2. The van der Waals surface area contributed by atoms with Crippen LogP contribution in [0, 0.1) is 0 Å². The lowest BCUT2D eigenvalue weighted by atomic mass is 10.2. The molecule has 2 rings (SSSR count). The van der Waals surface area contributed by atoms with Crippen molar-refractivity contribution in [3.05, 3.63) is 41.7 Å². The molecule has 0 aliphatic heterocycles.